The molecule has 0 fully saturated rings. The first-order chi connectivity index (χ1) is 8.50. The van der Waals surface area contributed by atoms with Crippen molar-refractivity contribution >= 4 is 29.2 Å². The number of nitrogens with zero attached hydrogens (tertiary/aromatic N) is 1. The second-order valence-corrected chi connectivity index (χ2v) is 4.59. The summed E-state index contributed by atoms with van der Waals surface area (Å²) >= 11 is 12.2. The molecule has 0 bridgehead atoms. The molecule has 18 heavy (non-hydrogen) atoms. The SMILES string of the molecule is Cc1cc(-c2c(Cl)cccc2Cl)c(C(=O)O)cn1. The van der Waals surface area contributed by atoms with Gasteiger partial charge in [-0.1, -0.05) is 29.3 Å². The molecule has 0 unspecified atom stereocenters. The van der Waals surface area contributed by atoms with Gasteiger partial charge in [0.05, 0.1) is 5.56 Å². The van der Waals surface area contributed by atoms with Crippen LogP contribution in [0.15, 0.2) is 30.5 Å². The number of aryl methyl sites for hydroxylation is 1. The zero-order chi connectivity index (χ0) is 13.3. The highest BCUT2D eigenvalue weighted by Gasteiger charge is 2.17. The van der Waals surface area contributed by atoms with Gasteiger partial charge in [0, 0.05) is 33.1 Å². The smallest absolute Gasteiger partial charge is 0.337 e. The molecule has 0 aliphatic rings. The maximum absolute atomic E-state index is 11.2. The number of carboxylic acid groups (broad SMARTS) is 1. The molecule has 0 saturated carbocycles. The lowest BCUT2D eigenvalue weighted by molar-refractivity contribution is 0.0697. The Kier molecular flexibility index (Phi) is 3.55. The van der Waals surface area contributed by atoms with Crippen LogP contribution in [0.5, 0.6) is 0 Å². The number of carbonyl (C=O) groups is 1. The first-order valence-electron chi connectivity index (χ1n) is 5.15. The fraction of sp³-hybridized carbons (Fsp3) is 0.0769. The number of rotatable bonds is 2. The van der Waals surface area contributed by atoms with Crippen molar-refractivity contribution in [2.45, 2.75) is 6.92 Å². The lowest BCUT2D eigenvalue weighted by Gasteiger charge is -2.10. The highest BCUT2D eigenvalue weighted by molar-refractivity contribution is 6.39. The van der Waals surface area contributed by atoms with Gasteiger partial charge in [0.25, 0.3) is 0 Å². The fourth-order valence-corrected chi connectivity index (χ4v) is 2.29. The van der Waals surface area contributed by atoms with Gasteiger partial charge < -0.3 is 5.11 Å². The number of benzene rings is 1. The Morgan fingerprint density at radius 2 is 1.89 bits per heavy atom. The Morgan fingerprint density at radius 3 is 2.44 bits per heavy atom. The number of aromatic carboxylic acids is 1. The van der Waals surface area contributed by atoms with Crippen molar-refractivity contribution < 1.29 is 9.90 Å². The molecule has 0 atom stereocenters. The third kappa shape index (κ3) is 2.33. The Morgan fingerprint density at radius 1 is 1.28 bits per heavy atom. The third-order valence-corrected chi connectivity index (χ3v) is 3.13. The van der Waals surface area contributed by atoms with Crippen molar-refractivity contribution in [1.29, 1.82) is 0 Å². The van der Waals surface area contributed by atoms with Gasteiger partial charge in [-0.2, -0.15) is 0 Å². The fourth-order valence-electron chi connectivity index (χ4n) is 1.69. The van der Waals surface area contributed by atoms with E-state index in [9.17, 15) is 9.90 Å². The number of hydrogen-bond donors (Lipinski definition) is 1. The van der Waals surface area contributed by atoms with Crippen LogP contribution in [0.25, 0.3) is 11.1 Å². The molecular formula is C13H9Cl2NO2. The van der Waals surface area contributed by atoms with Crippen LogP contribution in [-0.4, -0.2) is 16.1 Å². The average Bonchev–Trinajstić information content (AvgIpc) is 2.28. The van der Waals surface area contributed by atoms with E-state index in [-0.39, 0.29) is 5.56 Å². The van der Waals surface area contributed by atoms with Crippen molar-refractivity contribution in [3.05, 3.63) is 51.8 Å². The van der Waals surface area contributed by atoms with E-state index in [1.54, 1.807) is 31.2 Å². The molecule has 2 aromatic rings. The standard InChI is InChI=1S/C13H9Cl2NO2/c1-7-5-8(9(6-16-7)13(17)18)12-10(14)3-2-4-11(12)15/h2-6H,1H3,(H,17,18). The summed E-state index contributed by atoms with van der Waals surface area (Å²) in [5.41, 5.74) is 1.77. The molecule has 1 aromatic carbocycles. The van der Waals surface area contributed by atoms with Crippen LogP contribution in [0.1, 0.15) is 16.1 Å². The van der Waals surface area contributed by atoms with Crippen molar-refractivity contribution in [2.24, 2.45) is 0 Å². The van der Waals surface area contributed by atoms with Gasteiger partial charge in [-0.15, -0.1) is 0 Å². The van der Waals surface area contributed by atoms with Gasteiger partial charge in [0.15, 0.2) is 0 Å². The van der Waals surface area contributed by atoms with Crippen LogP contribution in [-0.2, 0) is 0 Å². The topological polar surface area (TPSA) is 50.2 Å². The lowest BCUT2D eigenvalue weighted by Crippen LogP contribution is -2.02. The second-order valence-electron chi connectivity index (χ2n) is 3.77. The first-order valence-corrected chi connectivity index (χ1v) is 5.90. The largest absolute Gasteiger partial charge is 0.478 e. The Hall–Kier alpha value is -1.58. The van der Waals surface area contributed by atoms with Crippen LogP contribution in [0, 0.1) is 6.92 Å². The molecular weight excluding hydrogens is 273 g/mol. The number of halogens is 2. The summed E-state index contributed by atoms with van der Waals surface area (Å²) in [5.74, 6) is -1.06. The van der Waals surface area contributed by atoms with E-state index in [4.69, 9.17) is 23.2 Å². The van der Waals surface area contributed by atoms with E-state index in [1.807, 2.05) is 0 Å². The maximum atomic E-state index is 11.2. The van der Waals surface area contributed by atoms with Gasteiger partial charge in [0.2, 0.25) is 0 Å². The summed E-state index contributed by atoms with van der Waals surface area (Å²) in [7, 11) is 0. The zero-order valence-electron chi connectivity index (χ0n) is 9.45. The predicted octanol–water partition coefficient (Wildman–Crippen LogP) is 4.06. The van der Waals surface area contributed by atoms with Gasteiger partial charge in [-0.25, -0.2) is 4.79 Å². The van der Waals surface area contributed by atoms with Crippen LogP contribution < -0.4 is 0 Å². The molecule has 1 N–H and O–H groups in total. The van der Waals surface area contributed by atoms with Crippen LogP contribution in [0.2, 0.25) is 10.0 Å². The molecule has 1 heterocycles. The van der Waals surface area contributed by atoms with Gasteiger partial charge in [0.1, 0.15) is 0 Å². The summed E-state index contributed by atoms with van der Waals surface area (Å²) in [5, 5.41) is 10.00. The number of pyridine rings is 1. The van der Waals surface area contributed by atoms with E-state index in [1.165, 1.54) is 6.20 Å². The van der Waals surface area contributed by atoms with Gasteiger partial charge in [-0.3, -0.25) is 4.98 Å². The molecule has 0 spiro atoms. The Labute approximate surface area is 114 Å². The minimum Gasteiger partial charge on any atom is -0.478 e. The zero-order valence-corrected chi connectivity index (χ0v) is 11.0. The normalized spacial score (nSPS) is 10.4. The highest BCUT2D eigenvalue weighted by atomic mass is 35.5. The second kappa shape index (κ2) is 4.96. The van der Waals surface area contributed by atoms with Crippen LogP contribution in [0.3, 0.4) is 0 Å². The highest BCUT2D eigenvalue weighted by Crippen LogP contribution is 2.36. The van der Waals surface area contributed by atoms with E-state index in [2.05, 4.69) is 4.98 Å². The number of carboxylic acids is 1. The van der Waals surface area contributed by atoms with Crippen LogP contribution in [0.4, 0.5) is 0 Å². The molecule has 0 aliphatic carbocycles. The minimum absolute atomic E-state index is 0.0793. The molecule has 0 radical (unpaired) electrons. The molecule has 1 aromatic heterocycles. The summed E-state index contributed by atoms with van der Waals surface area (Å²) in [6.45, 7) is 1.78. The number of hydrogen-bond acceptors (Lipinski definition) is 2. The summed E-state index contributed by atoms with van der Waals surface area (Å²) in [6, 6.07) is 6.72. The minimum atomic E-state index is -1.06. The molecule has 0 saturated heterocycles. The predicted molar refractivity (Wildman–Crippen MR) is 71.4 cm³/mol. The van der Waals surface area contributed by atoms with Gasteiger partial charge >= 0.3 is 5.97 Å². The van der Waals surface area contributed by atoms with Crippen LogP contribution >= 0.6 is 23.2 Å². The third-order valence-electron chi connectivity index (χ3n) is 2.50. The maximum Gasteiger partial charge on any atom is 0.337 e. The molecule has 3 nitrogen and oxygen atoms in total. The average molecular weight is 282 g/mol. The van der Waals surface area contributed by atoms with E-state index >= 15 is 0 Å². The molecule has 92 valence electrons. The Bertz CT molecular complexity index is 606. The summed E-state index contributed by atoms with van der Waals surface area (Å²) < 4.78 is 0. The van der Waals surface area contributed by atoms with Crippen molar-refractivity contribution in [2.75, 3.05) is 0 Å². The van der Waals surface area contributed by atoms with Crippen molar-refractivity contribution in [1.82, 2.24) is 4.98 Å². The summed E-state index contributed by atoms with van der Waals surface area (Å²) in [4.78, 5) is 15.2. The Balaban J connectivity index is 2.77. The van der Waals surface area contributed by atoms with E-state index < -0.39 is 5.97 Å². The van der Waals surface area contributed by atoms with Gasteiger partial charge in [-0.05, 0) is 25.1 Å². The van der Waals surface area contributed by atoms with E-state index in [0.29, 0.717) is 26.9 Å². The van der Waals surface area contributed by atoms with Crippen molar-refractivity contribution in [3.8, 4) is 11.1 Å². The monoisotopic (exact) mass is 281 g/mol. The van der Waals surface area contributed by atoms with E-state index in [0.717, 1.165) is 0 Å². The summed E-state index contributed by atoms with van der Waals surface area (Å²) in [6.07, 6.45) is 1.31. The molecule has 0 aliphatic heterocycles. The molecule has 5 heteroatoms. The quantitative estimate of drug-likeness (QED) is 0.903. The molecule has 2 rings (SSSR count). The first kappa shape index (κ1) is 12.9. The lowest BCUT2D eigenvalue weighted by atomic mass is 10.0. The molecule has 0 amide bonds. The van der Waals surface area contributed by atoms with Crippen molar-refractivity contribution in [3.63, 3.8) is 0 Å². The number of aromatic nitrogens is 1.